The molecule has 0 amide bonds. The number of nitrogens with zero attached hydrogens (tertiary/aromatic N) is 3. The molecule has 1 fully saturated rings. The molecule has 6 nitrogen and oxygen atoms in total. The van der Waals surface area contributed by atoms with Gasteiger partial charge in [-0.25, -0.2) is 8.42 Å². The maximum absolute atomic E-state index is 13.0. The third-order valence-corrected chi connectivity index (χ3v) is 6.80. The van der Waals surface area contributed by atoms with Crippen molar-refractivity contribution in [2.24, 2.45) is 0 Å². The Balaban J connectivity index is 1.52. The Kier molecular flexibility index (Phi) is 4.20. The van der Waals surface area contributed by atoms with Gasteiger partial charge >= 0.3 is 0 Å². The first-order valence-electron chi connectivity index (χ1n) is 8.63. The van der Waals surface area contributed by atoms with Gasteiger partial charge in [-0.2, -0.15) is 9.29 Å². The van der Waals surface area contributed by atoms with Gasteiger partial charge in [0.1, 0.15) is 5.52 Å². The van der Waals surface area contributed by atoms with Gasteiger partial charge in [0, 0.05) is 26.2 Å². The molecule has 2 heterocycles. The lowest BCUT2D eigenvalue weighted by Gasteiger charge is -2.33. The van der Waals surface area contributed by atoms with E-state index in [4.69, 9.17) is 4.42 Å². The van der Waals surface area contributed by atoms with Crippen LogP contribution in [0.15, 0.2) is 51.8 Å². The largest absolute Gasteiger partial charge is 0.423 e. The van der Waals surface area contributed by atoms with Gasteiger partial charge in [-0.15, -0.1) is 0 Å². The van der Waals surface area contributed by atoms with Crippen LogP contribution in [0, 0.1) is 13.8 Å². The van der Waals surface area contributed by atoms with Crippen LogP contribution in [0.3, 0.4) is 0 Å². The van der Waals surface area contributed by atoms with E-state index in [1.807, 2.05) is 55.1 Å². The number of para-hydroxylation sites is 2. The average molecular weight is 371 g/mol. The number of oxazole rings is 1. The second-order valence-electron chi connectivity index (χ2n) is 6.62. The normalized spacial score (nSPS) is 16.3. The predicted octanol–water partition coefficient (Wildman–Crippen LogP) is 2.96. The van der Waals surface area contributed by atoms with Crippen molar-refractivity contribution < 1.29 is 12.8 Å². The zero-order valence-electron chi connectivity index (χ0n) is 14.8. The summed E-state index contributed by atoms with van der Waals surface area (Å²) >= 11 is 0. The van der Waals surface area contributed by atoms with Crippen LogP contribution < -0.4 is 4.90 Å². The lowest BCUT2D eigenvalue weighted by molar-refractivity contribution is 0.373. The topological polar surface area (TPSA) is 66.7 Å². The van der Waals surface area contributed by atoms with E-state index in [9.17, 15) is 8.42 Å². The molecule has 4 rings (SSSR count). The van der Waals surface area contributed by atoms with E-state index in [1.54, 1.807) is 10.4 Å². The van der Waals surface area contributed by atoms with Crippen molar-refractivity contribution in [2.45, 2.75) is 18.7 Å². The summed E-state index contributed by atoms with van der Waals surface area (Å²) in [6.07, 6.45) is 0. The van der Waals surface area contributed by atoms with Crippen LogP contribution in [0.5, 0.6) is 0 Å². The van der Waals surface area contributed by atoms with E-state index in [0.29, 0.717) is 37.1 Å². The van der Waals surface area contributed by atoms with Crippen LogP contribution in [-0.4, -0.2) is 43.9 Å². The van der Waals surface area contributed by atoms with Gasteiger partial charge in [0.25, 0.3) is 6.01 Å². The highest BCUT2D eigenvalue weighted by atomic mass is 32.2. The van der Waals surface area contributed by atoms with Crippen molar-refractivity contribution in [1.82, 2.24) is 9.29 Å². The fourth-order valence-electron chi connectivity index (χ4n) is 3.34. The molecule has 0 saturated carbocycles. The van der Waals surface area contributed by atoms with E-state index in [-0.39, 0.29) is 0 Å². The zero-order chi connectivity index (χ0) is 18.3. The SMILES string of the molecule is Cc1ccc(S(=O)(=O)N2CCN(c3nc4ccccc4o3)CC2)c(C)c1. The van der Waals surface area contributed by atoms with Gasteiger partial charge in [0.15, 0.2) is 5.58 Å². The molecule has 0 bridgehead atoms. The van der Waals surface area contributed by atoms with Gasteiger partial charge in [0.05, 0.1) is 4.90 Å². The Morgan fingerprint density at radius 1 is 1.00 bits per heavy atom. The number of piperazine rings is 1. The molecule has 0 atom stereocenters. The summed E-state index contributed by atoms with van der Waals surface area (Å²) in [6.45, 7) is 5.73. The molecular formula is C19H21N3O3S. The van der Waals surface area contributed by atoms with Gasteiger partial charge in [-0.3, -0.25) is 0 Å². The highest BCUT2D eigenvalue weighted by Gasteiger charge is 2.30. The van der Waals surface area contributed by atoms with Crippen LogP contribution >= 0.6 is 0 Å². The van der Waals surface area contributed by atoms with Crippen LogP contribution in [0.1, 0.15) is 11.1 Å². The van der Waals surface area contributed by atoms with Crippen LogP contribution in [0.2, 0.25) is 0 Å². The highest BCUT2D eigenvalue weighted by molar-refractivity contribution is 7.89. The van der Waals surface area contributed by atoms with E-state index >= 15 is 0 Å². The minimum atomic E-state index is -3.48. The number of hydrogen-bond donors (Lipinski definition) is 0. The monoisotopic (exact) mass is 371 g/mol. The summed E-state index contributed by atoms with van der Waals surface area (Å²) < 4.78 is 33.3. The maximum Gasteiger partial charge on any atom is 0.298 e. The Hall–Kier alpha value is -2.38. The third kappa shape index (κ3) is 2.97. The molecule has 7 heteroatoms. The molecule has 1 aliphatic heterocycles. The van der Waals surface area contributed by atoms with Crippen LogP contribution in [0.4, 0.5) is 6.01 Å². The quantitative estimate of drug-likeness (QED) is 0.708. The predicted molar refractivity (Wildman–Crippen MR) is 101 cm³/mol. The maximum atomic E-state index is 13.0. The molecule has 136 valence electrons. The number of hydrogen-bond acceptors (Lipinski definition) is 5. The summed E-state index contributed by atoms with van der Waals surface area (Å²) in [5.74, 6) is 0. The lowest BCUT2D eigenvalue weighted by Crippen LogP contribution is -2.48. The van der Waals surface area contributed by atoms with Gasteiger partial charge < -0.3 is 9.32 Å². The molecule has 1 aromatic heterocycles. The van der Waals surface area contributed by atoms with Crippen molar-refractivity contribution in [3.63, 3.8) is 0 Å². The molecule has 26 heavy (non-hydrogen) atoms. The molecular weight excluding hydrogens is 350 g/mol. The van der Waals surface area contributed by atoms with Crippen molar-refractivity contribution in [3.8, 4) is 0 Å². The van der Waals surface area contributed by atoms with Gasteiger partial charge in [0.2, 0.25) is 10.0 Å². The number of anilines is 1. The first kappa shape index (κ1) is 17.1. The summed E-state index contributed by atoms with van der Waals surface area (Å²) in [5.41, 5.74) is 3.40. The fraction of sp³-hybridized carbons (Fsp3) is 0.316. The number of aryl methyl sites for hydroxylation is 2. The van der Waals surface area contributed by atoms with Crippen molar-refractivity contribution in [3.05, 3.63) is 53.6 Å². The van der Waals surface area contributed by atoms with E-state index in [0.717, 1.165) is 22.2 Å². The lowest BCUT2D eigenvalue weighted by atomic mass is 10.2. The second-order valence-corrected chi connectivity index (χ2v) is 8.53. The molecule has 0 radical (unpaired) electrons. The standard InChI is InChI=1S/C19H21N3O3S/c1-14-7-8-18(15(2)13-14)26(23,24)22-11-9-21(10-12-22)19-20-16-5-3-4-6-17(16)25-19/h3-8,13H,9-12H2,1-2H3. The first-order chi connectivity index (χ1) is 12.4. The minimum absolute atomic E-state index is 0.387. The van der Waals surface area contributed by atoms with E-state index in [1.165, 1.54) is 0 Å². The first-order valence-corrected chi connectivity index (χ1v) is 10.1. The highest BCUT2D eigenvalue weighted by Crippen LogP contribution is 2.25. The number of sulfonamides is 1. The Morgan fingerprint density at radius 3 is 2.42 bits per heavy atom. The smallest absolute Gasteiger partial charge is 0.298 e. The number of aromatic nitrogens is 1. The van der Waals surface area contributed by atoms with Crippen molar-refractivity contribution in [1.29, 1.82) is 0 Å². The zero-order valence-corrected chi connectivity index (χ0v) is 15.7. The molecule has 0 N–H and O–H groups in total. The van der Waals surface area contributed by atoms with Crippen LogP contribution in [-0.2, 0) is 10.0 Å². The molecule has 1 aliphatic rings. The Labute approximate surface area is 153 Å². The second kappa shape index (κ2) is 6.41. The van der Waals surface area contributed by atoms with Crippen molar-refractivity contribution in [2.75, 3.05) is 31.1 Å². The molecule has 2 aromatic carbocycles. The summed E-state index contributed by atoms with van der Waals surface area (Å²) in [6, 6.07) is 13.6. The fourth-order valence-corrected chi connectivity index (χ4v) is 4.97. The van der Waals surface area contributed by atoms with Crippen LogP contribution in [0.25, 0.3) is 11.1 Å². The Morgan fingerprint density at radius 2 is 1.73 bits per heavy atom. The van der Waals surface area contributed by atoms with Gasteiger partial charge in [-0.1, -0.05) is 29.8 Å². The minimum Gasteiger partial charge on any atom is -0.423 e. The molecule has 0 unspecified atom stereocenters. The Bertz CT molecular complexity index is 1020. The average Bonchev–Trinajstić information content (AvgIpc) is 3.05. The summed E-state index contributed by atoms with van der Waals surface area (Å²) in [4.78, 5) is 6.88. The molecule has 0 spiro atoms. The molecule has 1 saturated heterocycles. The number of benzene rings is 2. The van der Waals surface area contributed by atoms with E-state index in [2.05, 4.69) is 4.98 Å². The number of fused-ring (bicyclic) bond motifs is 1. The van der Waals surface area contributed by atoms with Gasteiger partial charge in [-0.05, 0) is 37.6 Å². The molecule has 3 aromatic rings. The van der Waals surface area contributed by atoms with Crippen molar-refractivity contribution >= 4 is 27.1 Å². The summed E-state index contributed by atoms with van der Waals surface area (Å²) in [5, 5.41) is 0. The third-order valence-electron chi connectivity index (χ3n) is 4.74. The van der Waals surface area contributed by atoms with E-state index < -0.39 is 10.0 Å². The molecule has 0 aliphatic carbocycles. The summed E-state index contributed by atoms with van der Waals surface area (Å²) in [7, 11) is -3.48. The number of rotatable bonds is 3.